The second kappa shape index (κ2) is 8.87. The predicted octanol–water partition coefficient (Wildman–Crippen LogP) is 3.31. The lowest BCUT2D eigenvalue weighted by Gasteiger charge is -2.18. The summed E-state index contributed by atoms with van der Waals surface area (Å²) in [4.78, 5) is 23.6. The van der Waals surface area contributed by atoms with Gasteiger partial charge < -0.3 is 14.8 Å². The van der Waals surface area contributed by atoms with Gasteiger partial charge in [-0.25, -0.2) is 0 Å². The van der Waals surface area contributed by atoms with Crippen LogP contribution in [0.5, 0.6) is 5.75 Å². The van der Waals surface area contributed by atoms with E-state index >= 15 is 0 Å². The zero-order chi connectivity index (χ0) is 18.2. The van der Waals surface area contributed by atoms with Gasteiger partial charge in [0.1, 0.15) is 12.4 Å². The lowest BCUT2D eigenvalue weighted by molar-refractivity contribution is -0.145. The molecule has 0 heterocycles. The van der Waals surface area contributed by atoms with Crippen molar-refractivity contribution in [2.24, 2.45) is 0 Å². The smallest absolute Gasteiger partial charge is 0.308 e. The van der Waals surface area contributed by atoms with Crippen LogP contribution in [-0.4, -0.2) is 19.0 Å². The van der Waals surface area contributed by atoms with E-state index in [1.807, 2.05) is 55.5 Å². The molecule has 2 aromatic carbocycles. The number of rotatable bonds is 7. The third-order valence-corrected chi connectivity index (χ3v) is 3.79. The standard InChI is InChI=1S/C20H23NO4/c1-14-4-8-17(9-5-14)19(21-15(2)22)12-20(23)25-13-16-6-10-18(24-3)11-7-16/h4-11,19H,12-13H2,1-3H3,(H,21,22). The maximum Gasteiger partial charge on any atom is 0.308 e. The molecule has 1 atom stereocenters. The minimum absolute atomic E-state index is 0.0821. The molecule has 0 aliphatic carbocycles. The predicted molar refractivity (Wildman–Crippen MR) is 95.1 cm³/mol. The molecule has 0 fully saturated rings. The molecule has 0 spiro atoms. The highest BCUT2D eigenvalue weighted by Crippen LogP contribution is 2.19. The monoisotopic (exact) mass is 341 g/mol. The molecule has 0 saturated carbocycles. The number of carbonyl (C=O) groups is 2. The summed E-state index contributed by atoms with van der Waals surface area (Å²) >= 11 is 0. The van der Waals surface area contributed by atoms with Crippen molar-refractivity contribution in [3.63, 3.8) is 0 Å². The highest BCUT2D eigenvalue weighted by atomic mass is 16.5. The Labute approximate surface area is 148 Å². The van der Waals surface area contributed by atoms with Crippen LogP contribution in [-0.2, 0) is 20.9 Å². The summed E-state index contributed by atoms with van der Waals surface area (Å²) in [6.07, 6.45) is 0.0821. The van der Waals surface area contributed by atoms with E-state index < -0.39 is 6.04 Å². The average Bonchev–Trinajstić information content (AvgIpc) is 2.60. The molecule has 5 heteroatoms. The van der Waals surface area contributed by atoms with E-state index in [1.165, 1.54) is 6.92 Å². The fourth-order valence-corrected chi connectivity index (χ4v) is 2.41. The van der Waals surface area contributed by atoms with Crippen LogP contribution in [0.1, 0.15) is 36.1 Å². The van der Waals surface area contributed by atoms with Gasteiger partial charge in [-0.2, -0.15) is 0 Å². The van der Waals surface area contributed by atoms with Gasteiger partial charge in [-0.3, -0.25) is 9.59 Å². The Bertz CT molecular complexity index is 707. The molecule has 1 amide bonds. The quantitative estimate of drug-likeness (QED) is 0.785. The zero-order valence-corrected chi connectivity index (χ0v) is 14.7. The number of nitrogens with one attached hydrogen (secondary N) is 1. The van der Waals surface area contributed by atoms with Gasteiger partial charge in [-0.05, 0) is 30.2 Å². The second-order valence-electron chi connectivity index (χ2n) is 5.88. The molecule has 0 radical (unpaired) electrons. The van der Waals surface area contributed by atoms with E-state index in [1.54, 1.807) is 7.11 Å². The molecule has 2 rings (SSSR count). The van der Waals surface area contributed by atoms with Crippen molar-refractivity contribution < 1.29 is 19.1 Å². The normalized spacial score (nSPS) is 11.5. The van der Waals surface area contributed by atoms with Crippen LogP contribution < -0.4 is 10.1 Å². The van der Waals surface area contributed by atoms with Crippen LogP contribution in [0.15, 0.2) is 48.5 Å². The first-order valence-corrected chi connectivity index (χ1v) is 8.10. The molecule has 25 heavy (non-hydrogen) atoms. The second-order valence-corrected chi connectivity index (χ2v) is 5.88. The Balaban J connectivity index is 1.96. The number of carbonyl (C=O) groups excluding carboxylic acids is 2. The van der Waals surface area contributed by atoms with Crippen LogP contribution in [0, 0.1) is 6.92 Å². The van der Waals surface area contributed by atoms with Crippen LogP contribution in [0.4, 0.5) is 0 Å². The van der Waals surface area contributed by atoms with Crippen molar-refractivity contribution in [1.29, 1.82) is 0 Å². The van der Waals surface area contributed by atoms with Gasteiger partial charge in [-0.1, -0.05) is 42.0 Å². The third kappa shape index (κ3) is 5.95. The van der Waals surface area contributed by atoms with Crippen LogP contribution in [0.3, 0.4) is 0 Å². The summed E-state index contributed by atoms with van der Waals surface area (Å²) in [5.41, 5.74) is 2.87. The summed E-state index contributed by atoms with van der Waals surface area (Å²) in [5, 5.41) is 2.80. The van der Waals surface area contributed by atoms with Crippen molar-refractivity contribution >= 4 is 11.9 Å². The largest absolute Gasteiger partial charge is 0.497 e. The summed E-state index contributed by atoms with van der Waals surface area (Å²) in [6, 6.07) is 14.6. The average molecular weight is 341 g/mol. The number of aryl methyl sites for hydroxylation is 1. The lowest BCUT2D eigenvalue weighted by atomic mass is 10.0. The number of benzene rings is 2. The minimum Gasteiger partial charge on any atom is -0.497 e. The summed E-state index contributed by atoms with van der Waals surface area (Å²) < 4.78 is 10.4. The first-order valence-electron chi connectivity index (χ1n) is 8.10. The first-order chi connectivity index (χ1) is 12.0. The van der Waals surface area contributed by atoms with Gasteiger partial charge in [0, 0.05) is 6.92 Å². The molecular weight excluding hydrogens is 318 g/mol. The Kier molecular flexibility index (Phi) is 6.57. The van der Waals surface area contributed by atoms with Gasteiger partial charge in [0.05, 0.1) is 19.6 Å². The van der Waals surface area contributed by atoms with Crippen molar-refractivity contribution in [3.05, 3.63) is 65.2 Å². The fraction of sp³-hybridized carbons (Fsp3) is 0.300. The van der Waals surface area contributed by atoms with E-state index in [0.717, 1.165) is 22.4 Å². The molecule has 1 unspecified atom stereocenters. The highest BCUT2D eigenvalue weighted by molar-refractivity contribution is 5.76. The maximum atomic E-state index is 12.2. The molecule has 0 saturated heterocycles. The van der Waals surface area contributed by atoms with E-state index in [2.05, 4.69) is 5.32 Å². The third-order valence-electron chi connectivity index (χ3n) is 3.79. The lowest BCUT2D eigenvalue weighted by Crippen LogP contribution is -2.28. The van der Waals surface area contributed by atoms with Crippen LogP contribution >= 0.6 is 0 Å². The van der Waals surface area contributed by atoms with Crippen molar-refractivity contribution in [1.82, 2.24) is 5.32 Å². The van der Waals surface area contributed by atoms with Crippen molar-refractivity contribution in [3.8, 4) is 5.75 Å². The Morgan fingerprint density at radius 1 is 1.04 bits per heavy atom. The Morgan fingerprint density at radius 2 is 1.68 bits per heavy atom. The molecule has 1 N–H and O–H groups in total. The van der Waals surface area contributed by atoms with Crippen molar-refractivity contribution in [2.75, 3.05) is 7.11 Å². The number of hydrogen-bond acceptors (Lipinski definition) is 4. The number of esters is 1. The number of ether oxygens (including phenoxy) is 2. The van der Waals surface area contributed by atoms with Crippen molar-refractivity contribution in [2.45, 2.75) is 32.9 Å². The minimum atomic E-state index is -0.401. The van der Waals surface area contributed by atoms with E-state index in [0.29, 0.717) is 0 Å². The maximum absolute atomic E-state index is 12.2. The van der Waals surface area contributed by atoms with Gasteiger partial charge in [0.25, 0.3) is 0 Å². The molecular formula is C20H23NO4. The number of amides is 1. The molecule has 132 valence electrons. The van der Waals surface area contributed by atoms with Gasteiger partial charge >= 0.3 is 5.97 Å². The van der Waals surface area contributed by atoms with E-state index in [-0.39, 0.29) is 24.9 Å². The Hall–Kier alpha value is -2.82. The fourth-order valence-electron chi connectivity index (χ4n) is 2.41. The first kappa shape index (κ1) is 18.5. The van der Waals surface area contributed by atoms with E-state index in [9.17, 15) is 9.59 Å². The summed E-state index contributed by atoms with van der Waals surface area (Å²) in [5.74, 6) is 0.198. The molecule has 0 aromatic heterocycles. The van der Waals surface area contributed by atoms with Gasteiger partial charge in [0.2, 0.25) is 5.91 Å². The Morgan fingerprint density at radius 3 is 2.24 bits per heavy atom. The number of methoxy groups -OCH3 is 1. The SMILES string of the molecule is COc1ccc(COC(=O)CC(NC(C)=O)c2ccc(C)cc2)cc1. The molecule has 0 aliphatic heterocycles. The summed E-state index contributed by atoms with van der Waals surface area (Å²) in [7, 11) is 1.60. The number of hydrogen-bond donors (Lipinski definition) is 1. The summed E-state index contributed by atoms with van der Waals surface area (Å²) in [6.45, 7) is 3.60. The molecule has 5 nitrogen and oxygen atoms in total. The van der Waals surface area contributed by atoms with Gasteiger partial charge in [-0.15, -0.1) is 0 Å². The molecule has 2 aromatic rings. The van der Waals surface area contributed by atoms with Crippen LogP contribution in [0.25, 0.3) is 0 Å². The van der Waals surface area contributed by atoms with Gasteiger partial charge in [0.15, 0.2) is 0 Å². The van der Waals surface area contributed by atoms with E-state index in [4.69, 9.17) is 9.47 Å². The molecule has 0 aliphatic rings. The molecule has 0 bridgehead atoms. The topological polar surface area (TPSA) is 64.6 Å². The highest BCUT2D eigenvalue weighted by Gasteiger charge is 2.18. The van der Waals surface area contributed by atoms with Crippen LogP contribution in [0.2, 0.25) is 0 Å². The zero-order valence-electron chi connectivity index (χ0n) is 14.7.